The molecule has 0 radical (unpaired) electrons. The van der Waals surface area contributed by atoms with Crippen LogP contribution in [0.2, 0.25) is 0 Å². The van der Waals surface area contributed by atoms with Crippen molar-refractivity contribution in [3.05, 3.63) is 48.0 Å². The van der Waals surface area contributed by atoms with E-state index in [-0.39, 0.29) is 5.75 Å². The number of nitrogens with zero attached hydrogens (tertiary/aromatic N) is 4. The molecular formula is C27H33N5O2S. The monoisotopic (exact) mass is 491 g/mol. The second-order valence-corrected chi connectivity index (χ2v) is 11.8. The molecule has 2 fully saturated rings. The Balaban J connectivity index is 1.59. The molecule has 5 rings (SSSR count). The number of piperidine rings is 1. The van der Waals surface area contributed by atoms with Crippen LogP contribution in [0.25, 0.3) is 22.2 Å². The van der Waals surface area contributed by atoms with Crippen LogP contribution in [0.15, 0.2) is 42.5 Å². The van der Waals surface area contributed by atoms with Gasteiger partial charge < -0.3 is 9.47 Å². The first-order valence-corrected chi connectivity index (χ1v) is 14.2. The SMILES string of the molecule is CCCS(=O)(=O)N(N)c1ccc(-c2c(C#N)c3ccc(N4CCCCC4)cc3n2CC2CC2)cc1. The van der Waals surface area contributed by atoms with Crippen LogP contribution in [0, 0.1) is 17.2 Å². The maximum atomic E-state index is 12.4. The summed E-state index contributed by atoms with van der Waals surface area (Å²) < 4.78 is 28.0. The summed E-state index contributed by atoms with van der Waals surface area (Å²) in [6, 6.07) is 16.2. The van der Waals surface area contributed by atoms with Gasteiger partial charge in [0.25, 0.3) is 0 Å². The number of fused-ring (bicyclic) bond motifs is 1. The van der Waals surface area contributed by atoms with Crippen LogP contribution in [0.1, 0.15) is 51.0 Å². The molecule has 2 N–H and O–H groups in total. The predicted octanol–water partition coefficient (Wildman–Crippen LogP) is 5.00. The highest BCUT2D eigenvalue weighted by molar-refractivity contribution is 7.92. The Morgan fingerprint density at radius 1 is 1.09 bits per heavy atom. The van der Waals surface area contributed by atoms with Gasteiger partial charge in [0.2, 0.25) is 10.0 Å². The van der Waals surface area contributed by atoms with Gasteiger partial charge in [0.1, 0.15) is 6.07 Å². The maximum Gasteiger partial charge on any atom is 0.248 e. The molecule has 1 saturated heterocycles. The Kier molecular flexibility index (Phi) is 6.47. The number of benzene rings is 2. The number of hydrogen-bond donors (Lipinski definition) is 1. The second kappa shape index (κ2) is 9.56. The van der Waals surface area contributed by atoms with Crippen LogP contribution in [0.3, 0.4) is 0 Å². The van der Waals surface area contributed by atoms with Crippen LogP contribution in [-0.2, 0) is 16.6 Å². The lowest BCUT2D eigenvalue weighted by atomic mass is 10.0. The molecule has 0 spiro atoms. The quantitative estimate of drug-likeness (QED) is 0.353. The Labute approximate surface area is 207 Å². The molecule has 1 aliphatic heterocycles. The van der Waals surface area contributed by atoms with Crippen molar-refractivity contribution in [2.75, 3.05) is 28.2 Å². The van der Waals surface area contributed by atoms with Gasteiger partial charge in [0.15, 0.2) is 0 Å². The highest BCUT2D eigenvalue weighted by Gasteiger charge is 2.27. The van der Waals surface area contributed by atoms with Crippen molar-refractivity contribution in [1.29, 1.82) is 5.26 Å². The van der Waals surface area contributed by atoms with Crippen LogP contribution in [-0.4, -0.2) is 31.8 Å². The number of aromatic nitrogens is 1. The summed E-state index contributed by atoms with van der Waals surface area (Å²) in [7, 11) is -3.56. The number of nitrogens with two attached hydrogens (primary N) is 1. The average Bonchev–Trinajstić information content (AvgIpc) is 3.65. The summed E-state index contributed by atoms with van der Waals surface area (Å²) in [5.74, 6) is 6.57. The van der Waals surface area contributed by atoms with Gasteiger partial charge in [-0.15, -0.1) is 0 Å². The molecule has 8 heteroatoms. The molecule has 2 aromatic carbocycles. The first-order valence-electron chi connectivity index (χ1n) is 12.6. The number of hydrazine groups is 1. The first kappa shape index (κ1) is 23.7. The van der Waals surface area contributed by atoms with Crippen LogP contribution in [0.5, 0.6) is 0 Å². The van der Waals surface area contributed by atoms with E-state index in [1.54, 1.807) is 12.1 Å². The van der Waals surface area contributed by atoms with Crippen molar-refractivity contribution in [2.24, 2.45) is 11.8 Å². The number of anilines is 2. The normalized spacial score (nSPS) is 16.4. The fourth-order valence-corrected chi connectivity index (χ4v) is 6.29. The zero-order valence-electron chi connectivity index (χ0n) is 20.3. The molecule has 35 heavy (non-hydrogen) atoms. The Morgan fingerprint density at radius 2 is 1.80 bits per heavy atom. The summed E-state index contributed by atoms with van der Waals surface area (Å²) in [4.78, 5) is 2.45. The number of hydrogen-bond acceptors (Lipinski definition) is 5. The van der Waals surface area contributed by atoms with Crippen molar-refractivity contribution in [3.8, 4) is 17.3 Å². The van der Waals surface area contributed by atoms with E-state index in [4.69, 9.17) is 5.84 Å². The van der Waals surface area contributed by atoms with Crippen LogP contribution < -0.4 is 15.2 Å². The maximum absolute atomic E-state index is 12.4. The summed E-state index contributed by atoms with van der Waals surface area (Å²) in [5, 5.41) is 11.2. The molecule has 1 aliphatic carbocycles. The van der Waals surface area contributed by atoms with Crippen LogP contribution in [0.4, 0.5) is 11.4 Å². The van der Waals surface area contributed by atoms with Gasteiger partial charge in [-0.25, -0.2) is 18.7 Å². The van der Waals surface area contributed by atoms with E-state index in [1.165, 1.54) is 37.8 Å². The lowest BCUT2D eigenvalue weighted by Gasteiger charge is -2.29. The summed E-state index contributed by atoms with van der Waals surface area (Å²) in [6.07, 6.45) is 6.64. The van der Waals surface area contributed by atoms with Crippen molar-refractivity contribution in [3.63, 3.8) is 0 Å². The van der Waals surface area contributed by atoms with Gasteiger partial charge in [0.05, 0.1) is 28.2 Å². The third-order valence-corrected chi connectivity index (χ3v) is 8.91. The van der Waals surface area contributed by atoms with Crippen molar-refractivity contribution >= 4 is 32.3 Å². The van der Waals surface area contributed by atoms with Crippen LogP contribution >= 0.6 is 0 Å². The molecule has 2 aliphatic rings. The lowest BCUT2D eigenvalue weighted by molar-refractivity contribution is 0.578. The van der Waals surface area contributed by atoms with E-state index >= 15 is 0 Å². The Morgan fingerprint density at radius 3 is 2.43 bits per heavy atom. The summed E-state index contributed by atoms with van der Waals surface area (Å²) in [6.45, 7) is 4.84. The molecule has 184 valence electrons. The summed E-state index contributed by atoms with van der Waals surface area (Å²) in [5.41, 5.74) is 5.19. The van der Waals surface area contributed by atoms with E-state index in [2.05, 4.69) is 33.7 Å². The standard InChI is InChI=1S/C27H33N5O2S/c1-2-16-35(33,34)32(29)22-10-8-21(9-11-22)27-25(18-28)24-13-12-23(30-14-4-3-5-15-30)17-26(24)31(27)19-20-6-7-20/h8-13,17,20H,2-7,14-16,19,29H2,1H3. The highest BCUT2D eigenvalue weighted by atomic mass is 32.2. The highest BCUT2D eigenvalue weighted by Crippen LogP contribution is 2.40. The van der Waals surface area contributed by atoms with E-state index < -0.39 is 10.0 Å². The molecule has 3 aromatic rings. The van der Waals surface area contributed by atoms with Crippen molar-refractivity contribution in [2.45, 2.75) is 52.0 Å². The predicted molar refractivity (Wildman–Crippen MR) is 142 cm³/mol. The van der Waals surface area contributed by atoms with Crippen molar-refractivity contribution < 1.29 is 8.42 Å². The third-order valence-electron chi connectivity index (χ3n) is 7.18. The molecule has 1 saturated carbocycles. The van der Waals surface area contributed by atoms with E-state index in [9.17, 15) is 13.7 Å². The second-order valence-electron chi connectivity index (χ2n) is 9.80. The van der Waals surface area contributed by atoms with Gasteiger partial charge in [-0.2, -0.15) is 5.26 Å². The summed E-state index contributed by atoms with van der Waals surface area (Å²) >= 11 is 0. The van der Waals surface area contributed by atoms with E-state index in [0.717, 1.165) is 46.2 Å². The third kappa shape index (κ3) is 4.63. The number of sulfonamides is 1. The van der Waals surface area contributed by atoms with Gasteiger partial charge in [-0.05, 0) is 80.3 Å². The topological polar surface area (TPSA) is 95.4 Å². The zero-order chi connectivity index (χ0) is 24.6. The lowest BCUT2D eigenvalue weighted by Crippen LogP contribution is -2.38. The Bertz CT molecular complexity index is 1360. The van der Waals surface area contributed by atoms with Crippen molar-refractivity contribution in [1.82, 2.24) is 4.57 Å². The van der Waals surface area contributed by atoms with Gasteiger partial charge in [0, 0.05) is 30.7 Å². The molecule has 7 nitrogen and oxygen atoms in total. The largest absolute Gasteiger partial charge is 0.371 e. The smallest absolute Gasteiger partial charge is 0.248 e. The van der Waals surface area contributed by atoms with Gasteiger partial charge in [-0.3, -0.25) is 0 Å². The molecule has 2 heterocycles. The van der Waals surface area contributed by atoms with E-state index in [0.29, 0.717) is 23.6 Å². The van der Waals surface area contributed by atoms with Gasteiger partial charge in [-0.1, -0.05) is 19.1 Å². The van der Waals surface area contributed by atoms with Gasteiger partial charge >= 0.3 is 0 Å². The minimum atomic E-state index is -3.56. The number of rotatable bonds is 8. The molecule has 0 amide bonds. The molecule has 1 aromatic heterocycles. The van der Waals surface area contributed by atoms with E-state index in [1.807, 2.05) is 19.1 Å². The molecule has 0 unspecified atom stereocenters. The fourth-order valence-electron chi connectivity index (χ4n) is 5.13. The minimum absolute atomic E-state index is 0.00118. The number of nitriles is 1. The average molecular weight is 492 g/mol. The molecular weight excluding hydrogens is 458 g/mol. The Hall–Kier alpha value is -3.02. The zero-order valence-corrected chi connectivity index (χ0v) is 21.1. The fraction of sp³-hybridized carbons (Fsp3) is 0.444. The first-order chi connectivity index (χ1) is 16.9. The minimum Gasteiger partial charge on any atom is -0.371 e. The molecule has 0 atom stereocenters. The molecule has 0 bridgehead atoms.